The number of aliphatic hydroxyl groups is 1. The average Bonchev–Trinajstić information content (AvgIpc) is 2.05. The molecule has 0 aliphatic rings. The lowest BCUT2D eigenvalue weighted by atomic mass is 10.1. The summed E-state index contributed by atoms with van der Waals surface area (Å²) in [7, 11) is 0. The van der Waals surface area contributed by atoms with Gasteiger partial charge in [-0.2, -0.15) is 0 Å². The third-order valence-corrected chi connectivity index (χ3v) is 1.85. The molecule has 1 rings (SSSR count). The molecule has 1 unspecified atom stereocenters. The zero-order valence-electron chi connectivity index (χ0n) is 6.87. The van der Waals surface area contributed by atoms with Gasteiger partial charge in [-0.15, -0.1) is 0 Å². The van der Waals surface area contributed by atoms with Gasteiger partial charge in [0.25, 0.3) is 0 Å². The lowest BCUT2D eigenvalue weighted by molar-refractivity contribution is 0.161. The first-order valence-electron chi connectivity index (χ1n) is 3.90. The zero-order chi connectivity index (χ0) is 8.97. The summed E-state index contributed by atoms with van der Waals surface area (Å²) in [5, 5.41) is 9.80. The fraction of sp³-hybridized carbons (Fsp3) is 0.500. The smallest absolute Gasteiger partial charge is 0.153 e. The molecule has 1 N–H and O–H groups in total. The van der Waals surface area contributed by atoms with Crippen molar-refractivity contribution in [2.75, 3.05) is 0 Å². The van der Waals surface area contributed by atoms with Crippen molar-refractivity contribution < 1.29 is 5.11 Å². The Balaban J connectivity index is 2.79. The molecule has 0 saturated carbocycles. The van der Waals surface area contributed by atoms with Crippen molar-refractivity contribution in [3.63, 3.8) is 0 Å². The third-order valence-electron chi connectivity index (χ3n) is 1.56. The molecule has 1 atom stereocenters. The van der Waals surface area contributed by atoms with E-state index in [0.29, 0.717) is 17.3 Å². The van der Waals surface area contributed by atoms with E-state index in [9.17, 15) is 5.11 Å². The van der Waals surface area contributed by atoms with Crippen molar-refractivity contribution in [1.29, 1.82) is 0 Å². The Morgan fingerprint density at radius 1 is 1.50 bits per heavy atom. The van der Waals surface area contributed by atoms with Gasteiger partial charge in [-0.1, -0.05) is 24.9 Å². The quantitative estimate of drug-likeness (QED) is 0.785. The Bertz CT molecular complexity index is 255. The van der Waals surface area contributed by atoms with Crippen LogP contribution in [0.1, 0.15) is 31.6 Å². The molecule has 0 aromatic carbocycles. The minimum absolute atomic E-state index is 0.290. The summed E-state index contributed by atoms with van der Waals surface area (Å²) < 4.78 is 0. The molecule has 0 radical (unpaired) electrons. The second kappa shape index (κ2) is 4.38. The summed E-state index contributed by atoms with van der Waals surface area (Å²) in [6.07, 6.45) is 4.01. The highest BCUT2D eigenvalue weighted by Crippen LogP contribution is 2.21. The van der Waals surface area contributed by atoms with E-state index in [0.717, 1.165) is 6.42 Å². The van der Waals surface area contributed by atoms with E-state index in [1.54, 1.807) is 0 Å². The van der Waals surface area contributed by atoms with Crippen molar-refractivity contribution in [2.24, 2.45) is 0 Å². The number of nitrogens with zero attached hydrogens (tertiary/aromatic N) is 2. The SMILES string of the molecule is CCCC(O)c1nccnc1Cl. The molecule has 0 aliphatic heterocycles. The molecule has 66 valence electrons. The molecule has 4 heteroatoms. The molecule has 0 spiro atoms. The molecule has 0 saturated heterocycles. The van der Waals surface area contributed by atoms with Gasteiger partial charge in [-0.25, -0.2) is 4.98 Å². The topological polar surface area (TPSA) is 46.0 Å². The summed E-state index contributed by atoms with van der Waals surface area (Å²) in [6, 6.07) is 0. The van der Waals surface area contributed by atoms with Crippen LogP contribution in [-0.2, 0) is 0 Å². The second-order valence-corrected chi connectivity index (χ2v) is 2.89. The maximum Gasteiger partial charge on any atom is 0.153 e. The van der Waals surface area contributed by atoms with Gasteiger partial charge >= 0.3 is 0 Å². The van der Waals surface area contributed by atoms with Crippen LogP contribution in [0.25, 0.3) is 0 Å². The Morgan fingerprint density at radius 2 is 2.17 bits per heavy atom. The number of hydrogen-bond acceptors (Lipinski definition) is 3. The predicted molar refractivity (Wildman–Crippen MR) is 46.9 cm³/mol. The number of aliphatic hydroxyl groups excluding tert-OH is 1. The van der Waals surface area contributed by atoms with Crippen molar-refractivity contribution in [3.8, 4) is 0 Å². The molecule has 1 aromatic rings. The van der Waals surface area contributed by atoms with Crippen molar-refractivity contribution in [2.45, 2.75) is 25.9 Å². The fourth-order valence-corrected chi connectivity index (χ4v) is 1.20. The van der Waals surface area contributed by atoms with Crippen LogP contribution in [0.15, 0.2) is 12.4 Å². The molecule has 0 amide bonds. The zero-order valence-corrected chi connectivity index (χ0v) is 7.62. The van der Waals surface area contributed by atoms with Gasteiger partial charge < -0.3 is 5.11 Å². The molecule has 1 aromatic heterocycles. The van der Waals surface area contributed by atoms with Gasteiger partial charge in [0, 0.05) is 12.4 Å². The summed E-state index contributed by atoms with van der Waals surface area (Å²) in [5.41, 5.74) is 0.473. The molecule has 0 fully saturated rings. The van der Waals surface area contributed by atoms with Crippen LogP contribution in [0, 0.1) is 0 Å². The fourth-order valence-electron chi connectivity index (χ4n) is 0.965. The molecule has 3 nitrogen and oxygen atoms in total. The Hall–Kier alpha value is -0.670. The normalized spacial score (nSPS) is 12.9. The first-order valence-corrected chi connectivity index (χ1v) is 4.28. The summed E-state index contributed by atoms with van der Waals surface area (Å²) in [5.74, 6) is 0. The largest absolute Gasteiger partial charge is 0.387 e. The first-order chi connectivity index (χ1) is 5.75. The number of rotatable bonds is 3. The first kappa shape index (κ1) is 9.42. The van der Waals surface area contributed by atoms with Gasteiger partial charge in [0.1, 0.15) is 5.69 Å². The van der Waals surface area contributed by atoms with Crippen LogP contribution in [0.4, 0.5) is 0 Å². The van der Waals surface area contributed by atoms with Gasteiger partial charge in [0.15, 0.2) is 5.15 Å². The van der Waals surface area contributed by atoms with E-state index in [1.165, 1.54) is 12.4 Å². The van der Waals surface area contributed by atoms with E-state index in [1.807, 2.05) is 6.92 Å². The molecule has 0 aliphatic carbocycles. The van der Waals surface area contributed by atoms with Crippen molar-refractivity contribution >= 4 is 11.6 Å². The maximum atomic E-state index is 9.51. The summed E-state index contributed by atoms with van der Waals surface area (Å²) in [4.78, 5) is 7.78. The van der Waals surface area contributed by atoms with E-state index in [-0.39, 0.29) is 0 Å². The van der Waals surface area contributed by atoms with Crippen molar-refractivity contribution in [1.82, 2.24) is 9.97 Å². The highest BCUT2D eigenvalue weighted by atomic mass is 35.5. The van der Waals surface area contributed by atoms with E-state index in [4.69, 9.17) is 11.6 Å². The third kappa shape index (κ3) is 2.16. The maximum absolute atomic E-state index is 9.51. The molecular formula is C8H11ClN2O. The molecule has 1 heterocycles. The van der Waals surface area contributed by atoms with Gasteiger partial charge in [0.2, 0.25) is 0 Å². The monoisotopic (exact) mass is 186 g/mol. The highest BCUT2D eigenvalue weighted by molar-refractivity contribution is 6.30. The minimum Gasteiger partial charge on any atom is -0.387 e. The lowest BCUT2D eigenvalue weighted by Crippen LogP contribution is -2.01. The van der Waals surface area contributed by atoms with E-state index >= 15 is 0 Å². The molecule has 0 bridgehead atoms. The number of hydrogen-bond donors (Lipinski definition) is 1. The summed E-state index contributed by atoms with van der Waals surface area (Å²) in [6.45, 7) is 1.99. The lowest BCUT2D eigenvalue weighted by Gasteiger charge is -2.08. The van der Waals surface area contributed by atoms with Crippen LogP contribution in [0.2, 0.25) is 5.15 Å². The van der Waals surface area contributed by atoms with E-state index < -0.39 is 6.10 Å². The standard InChI is InChI=1S/C8H11ClN2O/c1-2-3-6(12)7-8(9)11-5-4-10-7/h4-6,12H,2-3H2,1H3. The van der Waals surface area contributed by atoms with Gasteiger partial charge in [0.05, 0.1) is 6.10 Å². The van der Waals surface area contributed by atoms with Crippen molar-refractivity contribution in [3.05, 3.63) is 23.2 Å². The predicted octanol–water partition coefficient (Wildman–Crippen LogP) is 1.96. The Morgan fingerprint density at radius 3 is 2.75 bits per heavy atom. The Labute approximate surface area is 76.4 Å². The van der Waals surface area contributed by atoms with Crippen LogP contribution in [0.5, 0.6) is 0 Å². The van der Waals surface area contributed by atoms with Crippen LogP contribution >= 0.6 is 11.6 Å². The minimum atomic E-state index is -0.587. The molecular weight excluding hydrogens is 176 g/mol. The van der Waals surface area contributed by atoms with Crippen LogP contribution in [0.3, 0.4) is 0 Å². The van der Waals surface area contributed by atoms with Gasteiger partial charge in [-0.3, -0.25) is 4.98 Å². The average molecular weight is 187 g/mol. The number of halogens is 1. The van der Waals surface area contributed by atoms with E-state index in [2.05, 4.69) is 9.97 Å². The number of aromatic nitrogens is 2. The summed E-state index contributed by atoms with van der Waals surface area (Å²) >= 11 is 5.72. The Kier molecular flexibility index (Phi) is 3.44. The van der Waals surface area contributed by atoms with Gasteiger partial charge in [-0.05, 0) is 6.42 Å². The molecule has 12 heavy (non-hydrogen) atoms. The highest BCUT2D eigenvalue weighted by Gasteiger charge is 2.11. The van der Waals surface area contributed by atoms with Crippen LogP contribution in [-0.4, -0.2) is 15.1 Å². The van der Waals surface area contributed by atoms with Crippen LogP contribution < -0.4 is 0 Å². The second-order valence-electron chi connectivity index (χ2n) is 2.54.